The fraction of sp³-hybridized carbons (Fsp3) is 0.0556. The van der Waals surface area contributed by atoms with Crippen molar-refractivity contribution in [1.82, 2.24) is 0 Å². The van der Waals surface area contributed by atoms with E-state index in [4.69, 9.17) is 9.84 Å². The summed E-state index contributed by atoms with van der Waals surface area (Å²) in [5, 5.41) is 8.92. The van der Waals surface area contributed by atoms with E-state index in [1.807, 2.05) is 30.3 Å². The van der Waals surface area contributed by atoms with Crippen molar-refractivity contribution < 1.29 is 23.1 Å². The van der Waals surface area contributed by atoms with Gasteiger partial charge in [-0.05, 0) is 42.3 Å². The quantitative estimate of drug-likeness (QED) is 0.493. The number of ether oxygens (including phenoxy) is 1. The van der Waals surface area contributed by atoms with Crippen molar-refractivity contribution in [3.05, 3.63) is 64.6 Å². The summed E-state index contributed by atoms with van der Waals surface area (Å²) in [6.45, 7) is 1.68. The lowest BCUT2D eigenvalue weighted by Gasteiger charge is -2.10. The molecule has 0 saturated heterocycles. The molecule has 2 aromatic carbocycles. The van der Waals surface area contributed by atoms with Crippen LogP contribution in [0.4, 0.5) is 10.5 Å². The molecule has 2 N–H and O–H groups in total. The van der Waals surface area contributed by atoms with E-state index in [-0.39, 0.29) is 15.6 Å². The zero-order valence-electron chi connectivity index (χ0n) is 14.0. The smallest absolute Gasteiger partial charge is 0.449 e. The van der Waals surface area contributed by atoms with E-state index in [1.165, 1.54) is 6.07 Å². The number of anilines is 1. The molecular weight excluding hydrogens is 454 g/mol. The van der Waals surface area contributed by atoms with Gasteiger partial charge >= 0.3 is 6.16 Å². The second-order valence-corrected chi connectivity index (χ2v) is 9.14. The van der Waals surface area contributed by atoms with Crippen molar-refractivity contribution in [2.75, 3.05) is 4.72 Å². The van der Waals surface area contributed by atoms with Crippen LogP contribution in [0.15, 0.2) is 64.0 Å². The number of hydrogen-bond acceptors (Lipinski definition) is 5. The van der Waals surface area contributed by atoms with Crippen LogP contribution in [0.2, 0.25) is 0 Å². The highest BCUT2D eigenvalue weighted by molar-refractivity contribution is 9.10. The monoisotopic (exact) mass is 467 g/mol. The SMILES string of the molecule is Cc1cc(Br)ccc1S(=O)(=O)Nc1cc(-c2ccccc2)sc1OC(=O)O. The van der Waals surface area contributed by atoms with Gasteiger partial charge in [0.2, 0.25) is 5.06 Å². The second kappa shape index (κ2) is 7.71. The number of rotatable bonds is 5. The lowest BCUT2D eigenvalue weighted by Crippen LogP contribution is -2.15. The van der Waals surface area contributed by atoms with Crippen molar-refractivity contribution in [2.45, 2.75) is 11.8 Å². The van der Waals surface area contributed by atoms with Crippen LogP contribution in [0.3, 0.4) is 0 Å². The van der Waals surface area contributed by atoms with Gasteiger partial charge in [-0.1, -0.05) is 57.6 Å². The van der Waals surface area contributed by atoms with Gasteiger partial charge in [-0.15, -0.1) is 0 Å². The van der Waals surface area contributed by atoms with Crippen LogP contribution in [-0.2, 0) is 10.0 Å². The summed E-state index contributed by atoms with van der Waals surface area (Å²) in [4.78, 5) is 11.8. The van der Waals surface area contributed by atoms with E-state index in [0.29, 0.717) is 10.4 Å². The molecule has 3 aromatic rings. The van der Waals surface area contributed by atoms with Crippen molar-refractivity contribution in [1.29, 1.82) is 0 Å². The summed E-state index contributed by atoms with van der Waals surface area (Å²) in [6.07, 6.45) is -1.52. The summed E-state index contributed by atoms with van der Waals surface area (Å²) >= 11 is 4.34. The summed E-state index contributed by atoms with van der Waals surface area (Å²) in [7, 11) is -3.93. The number of carboxylic acid groups (broad SMARTS) is 1. The molecule has 0 amide bonds. The Bertz CT molecular complexity index is 1090. The first kappa shape index (κ1) is 19.4. The average Bonchev–Trinajstić information content (AvgIpc) is 2.96. The fourth-order valence-corrected chi connectivity index (χ4v) is 5.24. The highest BCUT2D eigenvalue weighted by Gasteiger charge is 2.22. The maximum Gasteiger partial charge on any atom is 0.512 e. The van der Waals surface area contributed by atoms with Crippen molar-refractivity contribution in [3.63, 3.8) is 0 Å². The van der Waals surface area contributed by atoms with Crippen LogP contribution in [0.1, 0.15) is 5.56 Å². The highest BCUT2D eigenvalue weighted by Crippen LogP contribution is 2.42. The molecule has 0 spiro atoms. The molecule has 0 aliphatic carbocycles. The van der Waals surface area contributed by atoms with Crippen LogP contribution in [0, 0.1) is 6.92 Å². The molecule has 0 atom stereocenters. The van der Waals surface area contributed by atoms with Crippen LogP contribution in [-0.4, -0.2) is 19.7 Å². The lowest BCUT2D eigenvalue weighted by atomic mass is 10.2. The molecule has 1 aromatic heterocycles. The van der Waals surface area contributed by atoms with Crippen molar-refractivity contribution >= 4 is 49.1 Å². The maximum atomic E-state index is 12.8. The number of sulfonamides is 1. The Kier molecular flexibility index (Phi) is 5.54. The standard InChI is InChI=1S/C18H14BrNO5S2/c1-11-9-13(19)7-8-16(11)27(23,24)20-14-10-15(12-5-3-2-4-6-12)26-17(14)25-18(21)22/h2-10,20H,1H3,(H,21,22). The van der Waals surface area contributed by atoms with Gasteiger partial charge in [-0.2, -0.15) is 0 Å². The maximum absolute atomic E-state index is 12.8. The molecule has 1 heterocycles. The summed E-state index contributed by atoms with van der Waals surface area (Å²) in [5.74, 6) is 0. The van der Waals surface area contributed by atoms with Crippen LogP contribution >= 0.6 is 27.3 Å². The Labute approximate surface area is 168 Å². The summed E-state index contributed by atoms with van der Waals surface area (Å²) in [6, 6.07) is 15.6. The Morgan fingerprint density at radius 1 is 1.15 bits per heavy atom. The topological polar surface area (TPSA) is 92.7 Å². The van der Waals surface area contributed by atoms with E-state index in [1.54, 1.807) is 25.1 Å². The number of aryl methyl sites for hydroxylation is 1. The molecule has 27 heavy (non-hydrogen) atoms. The van der Waals surface area contributed by atoms with Gasteiger partial charge in [-0.25, -0.2) is 13.2 Å². The number of benzene rings is 2. The predicted octanol–water partition coefficient (Wildman–Crippen LogP) is 5.34. The normalized spacial score (nSPS) is 11.2. The molecule has 6 nitrogen and oxygen atoms in total. The van der Waals surface area contributed by atoms with Gasteiger partial charge in [0.05, 0.1) is 4.90 Å². The van der Waals surface area contributed by atoms with Crippen LogP contribution < -0.4 is 9.46 Å². The van der Waals surface area contributed by atoms with Gasteiger partial charge in [0.25, 0.3) is 10.0 Å². The summed E-state index contributed by atoms with van der Waals surface area (Å²) < 4.78 is 33.6. The Morgan fingerprint density at radius 3 is 2.48 bits per heavy atom. The van der Waals surface area contributed by atoms with Crippen molar-refractivity contribution in [3.8, 4) is 15.5 Å². The van der Waals surface area contributed by atoms with E-state index < -0.39 is 16.2 Å². The first-order chi connectivity index (χ1) is 12.8. The molecule has 0 saturated carbocycles. The lowest BCUT2D eigenvalue weighted by molar-refractivity contribution is 0.146. The van der Waals surface area contributed by atoms with Crippen molar-refractivity contribution in [2.24, 2.45) is 0 Å². The van der Waals surface area contributed by atoms with E-state index >= 15 is 0 Å². The third-order valence-electron chi connectivity index (χ3n) is 3.61. The molecule has 0 aliphatic heterocycles. The first-order valence-corrected chi connectivity index (χ1v) is 10.7. The van der Waals surface area contributed by atoms with Gasteiger partial charge in [0.1, 0.15) is 5.69 Å². The largest absolute Gasteiger partial charge is 0.512 e. The van der Waals surface area contributed by atoms with Crippen LogP contribution in [0.25, 0.3) is 10.4 Å². The minimum absolute atomic E-state index is 0.0420. The Morgan fingerprint density at radius 2 is 1.85 bits per heavy atom. The van der Waals surface area contributed by atoms with Gasteiger partial charge < -0.3 is 9.84 Å². The molecule has 0 radical (unpaired) electrons. The number of thiophene rings is 1. The molecule has 0 aliphatic rings. The Hall–Kier alpha value is -2.36. The predicted molar refractivity (Wildman–Crippen MR) is 108 cm³/mol. The first-order valence-electron chi connectivity index (χ1n) is 7.65. The molecule has 3 rings (SSSR count). The molecule has 0 unspecified atom stereocenters. The van der Waals surface area contributed by atoms with E-state index in [2.05, 4.69) is 20.7 Å². The highest BCUT2D eigenvalue weighted by atomic mass is 79.9. The van der Waals surface area contributed by atoms with Gasteiger partial charge in [-0.3, -0.25) is 4.72 Å². The molecule has 0 bridgehead atoms. The number of hydrogen-bond donors (Lipinski definition) is 2. The minimum atomic E-state index is -3.93. The van der Waals surface area contributed by atoms with E-state index in [9.17, 15) is 13.2 Å². The number of carbonyl (C=O) groups is 1. The summed E-state index contributed by atoms with van der Waals surface area (Å²) in [5.41, 5.74) is 1.45. The molecule has 9 heteroatoms. The fourth-order valence-electron chi connectivity index (χ4n) is 2.46. The van der Waals surface area contributed by atoms with Crippen LogP contribution in [0.5, 0.6) is 5.06 Å². The minimum Gasteiger partial charge on any atom is -0.449 e. The number of halogens is 1. The zero-order valence-corrected chi connectivity index (χ0v) is 17.2. The molecule has 140 valence electrons. The van der Waals surface area contributed by atoms with E-state index in [0.717, 1.165) is 21.4 Å². The molecule has 0 fully saturated rings. The van der Waals surface area contributed by atoms with Gasteiger partial charge in [0.15, 0.2) is 0 Å². The Balaban J connectivity index is 2.02. The second-order valence-electron chi connectivity index (χ2n) is 5.56. The van der Waals surface area contributed by atoms with Gasteiger partial charge in [0, 0.05) is 9.35 Å². The third-order valence-corrected chi connectivity index (χ3v) is 6.69. The number of nitrogens with one attached hydrogen (secondary N) is 1. The zero-order chi connectivity index (χ0) is 19.6. The average molecular weight is 468 g/mol. The molecular formula is C18H14BrNO5S2. The third kappa shape index (κ3) is 4.49.